The van der Waals surface area contributed by atoms with Gasteiger partial charge in [0.05, 0.1) is 0 Å². The molecule has 0 bridgehead atoms. The van der Waals surface area contributed by atoms with Gasteiger partial charge >= 0.3 is 0 Å². The summed E-state index contributed by atoms with van der Waals surface area (Å²) in [5.74, 6) is 1.88. The highest BCUT2D eigenvalue weighted by atomic mass is 14.9. The lowest BCUT2D eigenvalue weighted by atomic mass is 9.74. The van der Waals surface area contributed by atoms with Crippen molar-refractivity contribution in [1.82, 2.24) is 5.32 Å². The zero-order valence-electron chi connectivity index (χ0n) is 13.6. The standard InChI is InChI=1S/C17H35N/c1-16(2,3)12-11-14-9-7-8-10-15(14)13-18-17(4,5)6/h14-15,18H,7-13H2,1-6H3. The molecule has 0 heterocycles. The maximum atomic E-state index is 3.72. The SMILES string of the molecule is CC(C)(C)CCC1CCCCC1CNC(C)(C)C. The lowest BCUT2D eigenvalue weighted by Gasteiger charge is -2.35. The second kappa shape index (κ2) is 6.41. The van der Waals surface area contributed by atoms with Crippen molar-refractivity contribution >= 4 is 0 Å². The number of hydrogen-bond donors (Lipinski definition) is 1. The summed E-state index contributed by atoms with van der Waals surface area (Å²) in [5, 5.41) is 3.72. The van der Waals surface area contributed by atoms with Gasteiger partial charge in [-0.05, 0) is 63.8 Å². The van der Waals surface area contributed by atoms with Gasteiger partial charge in [-0.25, -0.2) is 0 Å². The van der Waals surface area contributed by atoms with Crippen molar-refractivity contribution in [2.24, 2.45) is 17.3 Å². The molecule has 1 fully saturated rings. The Bertz CT molecular complexity index is 205. The first kappa shape index (κ1) is 16.0. The van der Waals surface area contributed by atoms with Gasteiger partial charge in [0, 0.05) is 5.54 Å². The fourth-order valence-electron chi connectivity index (χ4n) is 2.99. The number of rotatable bonds is 4. The third-order valence-corrected chi connectivity index (χ3v) is 4.23. The third kappa shape index (κ3) is 6.78. The molecule has 0 amide bonds. The monoisotopic (exact) mass is 253 g/mol. The van der Waals surface area contributed by atoms with Gasteiger partial charge in [0.1, 0.15) is 0 Å². The molecule has 1 aliphatic rings. The van der Waals surface area contributed by atoms with Crippen LogP contribution in [0.1, 0.15) is 80.1 Å². The van der Waals surface area contributed by atoms with E-state index in [1.54, 1.807) is 0 Å². The van der Waals surface area contributed by atoms with E-state index in [1.807, 2.05) is 0 Å². The van der Waals surface area contributed by atoms with E-state index in [-0.39, 0.29) is 5.54 Å². The van der Waals surface area contributed by atoms with Crippen LogP contribution in [0.2, 0.25) is 0 Å². The molecule has 18 heavy (non-hydrogen) atoms. The van der Waals surface area contributed by atoms with Gasteiger partial charge in [0.25, 0.3) is 0 Å². The van der Waals surface area contributed by atoms with Crippen LogP contribution in [0.15, 0.2) is 0 Å². The highest BCUT2D eigenvalue weighted by molar-refractivity contribution is 4.81. The molecule has 1 nitrogen and oxygen atoms in total. The van der Waals surface area contributed by atoms with Crippen molar-refractivity contribution in [1.29, 1.82) is 0 Å². The Hall–Kier alpha value is -0.0400. The average molecular weight is 253 g/mol. The zero-order chi connectivity index (χ0) is 13.8. The lowest BCUT2D eigenvalue weighted by Crippen LogP contribution is -2.41. The minimum atomic E-state index is 0.270. The van der Waals surface area contributed by atoms with Crippen LogP contribution in [0, 0.1) is 17.3 Å². The highest BCUT2D eigenvalue weighted by Gasteiger charge is 2.27. The molecule has 0 aromatic rings. The molecule has 108 valence electrons. The minimum absolute atomic E-state index is 0.270. The van der Waals surface area contributed by atoms with E-state index in [4.69, 9.17) is 0 Å². The minimum Gasteiger partial charge on any atom is -0.312 e. The lowest BCUT2D eigenvalue weighted by molar-refractivity contribution is 0.182. The summed E-state index contributed by atoms with van der Waals surface area (Å²) in [5.41, 5.74) is 0.769. The predicted octanol–water partition coefficient (Wildman–Crippen LogP) is 5.01. The molecule has 0 aromatic carbocycles. The van der Waals surface area contributed by atoms with E-state index in [2.05, 4.69) is 46.9 Å². The van der Waals surface area contributed by atoms with Crippen LogP contribution in [-0.4, -0.2) is 12.1 Å². The van der Waals surface area contributed by atoms with Crippen LogP contribution in [0.5, 0.6) is 0 Å². The fourth-order valence-corrected chi connectivity index (χ4v) is 2.99. The quantitative estimate of drug-likeness (QED) is 0.743. The smallest absolute Gasteiger partial charge is 0.00966 e. The molecule has 0 aliphatic heterocycles. The number of nitrogens with one attached hydrogen (secondary N) is 1. The maximum absolute atomic E-state index is 3.72. The second-order valence-electron chi connectivity index (χ2n) is 8.53. The van der Waals surface area contributed by atoms with Crippen molar-refractivity contribution in [2.75, 3.05) is 6.54 Å². The molecule has 1 N–H and O–H groups in total. The summed E-state index contributed by atoms with van der Waals surface area (Å²) in [4.78, 5) is 0. The van der Waals surface area contributed by atoms with Crippen molar-refractivity contribution in [3.8, 4) is 0 Å². The summed E-state index contributed by atoms with van der Waals surface area (Å²) < 4.78 is 0. The molecule has 1 heteroatoms. The molecule has 0 aromatic heterocycles. The van der Waals surface area contributed by atoms with Crippen LogP contribution in [0.4, 0.5) is 0 Å². The van der Waals surface area contributed by atoms with Gasteiger partial charge < -0.3 is 5.32 Å². The Morgan fingerprint density at radius 3 is 1.94 bits per heavy atom. The molecule has 0 saturated heterocycles. The van der Waals surface area contributed by atoms with Gasteiger partial charge in [-0.1, -0.05) is 40.0 Å². The van der Waals surface area contributed by atoms with E-state index >= 15 is 0 Å². The Labute approximate surface area is 115 Å². The van der Waals surface area contributed by atoms with Gasteiger partial charge in [0.2, 0.25) is 0 Å². The molecule has 2 atom stereocenters. The van der Waals surface area contributed by atoms with Crippen LogP contribution in [0.25, 0.3) is 0 Å². The topological polar surface area (TPSA) is 12.0 Å². The zero-order valence-corrected chi connectivity index (χ0v) is 13.6. The largest absolute Gasteiger partial charge is 0.312 e. The summed E-state index contributed by atoms with van der Waals surface area (Å²) >= 11 is 0. The van der Waals surface area contributed by atoms with Gasteiger partial charge in [-0.15, -0.1) is 0 Å². The molecule has 2 unspecified atom stereocenters. The van der Waals surface area contributed by atoms with Crippen LogP contribution < -0.4 is 5.32 Å². The number of hydrogen-bond acceptors (Lipinski definition) is 1. The molecule has 1 aliphatic carbocycles. The molecule has 0 spiro atoms. The van der Waals surface area contributed by atoms with Crippen LogP contribution >= 0.6 is 0 Å². The Morgan fingerprint density at radius 2 is 1.44 bits per heavy atom. The predicted molar refractivity (Wildman–Crippen MR) is 81.9 cm³/mol. The maximum Gasteiger partial charge on any atom is 0.00966 e. The summed E-state index contributed by atoms with van der Waals surface area (Å²) in [6, 6.07) is 0. The molecular formula is C17H35N. The van der Waals surface area contributed by atoms with Gasteiger partial charge in [0.15, 0.2) is 0 Å². The first-order valence-corrected chi connectivity index (χ1v) is 7.92. The fraction of sp³-hybridized carbons (Fsp3) is 1.00. The average Bonchev–Trinajstić information content (AvgIpc) is 2.22. The van der Waals surface area contributed by atoms with Crippen molar-refractivity contribution in [3.63, 3.8) is 0 Å². The van der Waals surface area contributed by atoms with Crippen molar-refractivity contribution in [3.05, 3.63) is 0 Å². The molecule has 0 radical (unpaired) electrons. The van der Waals surface area contributed by atoms with Crippen LogP contribution in [0.3, 0.4) is 0 Å². The molecular weight excluding hydrogens is 218 g/mol. The summed E-state index contributed by atoms with van der Waals surface area (Å²) in [6.45, 7) is 15.2. The first-order valence-electron chi connectivity index (χ1n) is 7.92. The Kier molecular flexibility index (Phi) is 5.70. The Morgan fingerprint density at radius 1 is 0.889 bits per heavy atom. The van der Waals surface area contributed by atoms with Crippen molar-refractivity contribution in [2.45, 2.75) is 85.6 Å². The highest BCUT2D eigenvalue weighted by Crippen LogP contribution is 2.36. The van der Waals surface area contributed by atoms with E-state index in [1.165, 1.54) is 45.1 Å². The van der Waals surface area contributed by atoms with E-state index in [0.717, 1.165) is 11.8 Å². The van der Waals surface area contributed by atoms with E-state index in [0.29, 0.717) is 5.41 Å². The third-order valence-electron chi connectivity index (χ3n) is 4.23. The van der Waals surface area contributed by atoms with E-state index in [9.17, 15) is 0 Å². The molecule has 1 saturated carbocycles. The van der Waals surface area contributed by atoms with Crippen LogP contribution in [-0.2, 0) is 0 Å². The Balaban J connectivity index is 2.42. The second-order valence-corrected chi connectivity index (χ2v) is 8.53. The summed E-state index contributed by atoms with van der Waals surface area (Å²) in [7, 11) is 0. The van der Waals surface area contributed by atoms with Gasteiger partial charge in [-0.2, -0.15) is 0 Å². The van der Waals surface area contributed by atoms with E-state index < -0.39 is 0 Å². The van der Waals surface area contributed by atoms with Crippen molar-refractivity contribution < 1.29 is 0 Å². The molecule has 1 rings (SSSR count). The van der Waals surface area contributed by atoms with Gasteiger partial charge in [-0.3, -0.25) is 0 Å². The normalized spacial score (nSPS) is 26.3. The summed E-state index contributed by atoms with van der Waals surface area (Å²) in [6.07, 6.45) is 8.62. The first-order chi connectivity index (χ1) is 8.17.